The van der Waals surface area contributed by atoms with Crippen LogP contribution in [0.25, 0.3) is 0 Å². The molecule has 1 fully saturated rings. The Morgan fingerprint density at radius 1 is 1.21 bits per heavy atom. The molecule has 1 aromatic rings. The Balaban J connectivity index is 2.18. The maximum Gasteiger partial charge on any atom is 0.0492 e. The lowest BCUT2D eigenvalue weighted by molar-refractivity contribution is -0.213. The van der Waals surface area contributed by atoms with Crippen molar-refractivity contribution in [2.45, 2.75) is 45.1 Å². The fourth-order valence-corrected chi connectivity index (χ4v) is 2.61. The summed E-state index contributed by atoms with van der Waals surface area (Å²) >= 11 is 0. The Morgan fingerprint density at radius 2 is 1.89 bits per heavy atom. The molecular formula is C16H23N2O-. The molecule has 0 bridgehead atoms. The number of hydrogen-bond acceptors (Lipinski definition) is 3. The van der Waals surface area contributed by atoms with Crippen LogP contribution < -0.4 is 10.0 Å². The van der Waals surface area contributed by atoms with E-state index in [1.807, 2.05) is 44.1 Å². The Labute approximate surface area is 116 Å². The summed E-state index contributed by atoms with van der Waals surface area (Å²) in [6.07, 6.45) is 5.85. The van der Waals surface area contributed by atoms with Crippen molar-refractivity contribution in [1.29, 1.82) is 0 Å². The van der Waals surface area contributed by atoms with Crippen LogP contribution in [0.4, 0.5) is 5.69 Å². The molecular weight excluding hydrogens is 236 g/mol. The summed E-state index contributed by atoms with van der Waals surface area (Å²) in [5, 5.41) is 12.2. The van der Waals surface area contributed by atoms with E-state index >= 15 is 0 Å². The summed E-state index contributed by atoms with van der Waals surface area (Å²) in [6, 6.07) is 6.17. The molecule has 0 saturated heterocycles. The van der Waals surface area contributed by atoms with E-state index in [0.29, 0.717) is 0 Å². The molecule has 3 nitrogen and oxygen atoms in total. The van der Waals surface area contributed by atoms with Crippen LogP contribution in [0.15, 0.2) is 23.2 Å². The number of aryl methyl sites for hydroxylation is 1. The van der Waals surface area contributed by atoms with Crippen LogP contribution in [0.2, 0.25) is 0 Å². The zero-order valence-corrected chi connectivity index (χ0v) is 12.1. The highest BCUT2D eigenvalue weighted by molar-refractivity contribution is 5.92. The molecule has 0 aromatic heterocycles. The highest BCUT2D eigenvalue weighted by Crippen LogP contribution is 2.22. The number of nitrogens with zero attached hydrogens (tertiary/aromatic N) is 2. The van der Waals surface area contributed by atoms with Gasteiger partial charge < -0.3 is 10.0 Å². The topological polar surface area (TPSA) is 38.7 Å². The lowest BCUT2D eigenvalue weighted by Crippen LogP contribution is -2.24. The summed E-state index contributed by atoms with van der Waals surface area (Å²) in [6.45, 7) is 1.98. The van der Waals surface area contributed by atoms with Gasteiger partial charge in [0.2, 0.25) is 0 Å². The van der Waals surface area contributed by atoms with E-state index in [-0.39, 0.29) is 11.9 Å². The van der Waals surface area contributed by atoms with Crippen molar-refractivity contribution in [3.05, 3.63) is 29.3 Å². The number of benzene rings is 1. The number of anilines is 1. The highest BCUT2D eigenvalue weighted by Gasteiger charge is 2.12. The van der Waals surface area contributed by atoms with Gasteiger partial charge in [0.25, 0.3) is 0 Å². The van der Waals surface area contributed by atoms with E-state index < -0.39 is 0 Å². The lowest BCUT2D eigenvalue weighted by Gasteiger charge is -2.23. The number of aliphatic imine (C=N–C) groups is 1. The molecule has 0 atom stereocenters. The smallest absolute Gasteiger partial charge is 0.0492 e. The van der Waals surface area contributed by atoms with Crippen LogP contribution in [0.3, 0.4) is 0 Å². The van der Waals surface area contributed by atoms with Gasteiger partial charge in [-0.3, -0.25) is 4.99 Å². The van der Waals surface area contributed by atoms with Gasteiger partial charge in [0.05, 0.1) is 0 Å². The summed E-state index contributed by atoms with van der Waals surface area (Å²) in [5.74, 6) is -0.0466. The molecule has 0 unspecified atom stereocenters. The van der Waals surface area contributed by atoms with E-state index in [9.17, 15) is 5.11 Å². The largest absolute Gasteiger partial charge is 0.858 e. The molecule has 1 aliphatic rings. The van der Waals surface area contributed by atoms with Crippen molar-refractivity contribution in [2.24, 2.45) is 4.99 Å². The molecule has 2 rings (SSSR count). The molecule has 1 aromatic carbocycles. The monoisotopic (exact) mass is 259 g/mol. The number of hydrogen-bond donors (Lipinski definition) is 0. The SMILES string of the molecule is Cc1cc(N(C)C)ccc1C([O-])=NC1CCCCC1. The second kappa shape index (κ2) is 6.09. The molecule has 1 aliphatic carbocycles. The van der Waals surface area contributed by atoms with Crippen LogP contribution in [0.5, 0.6) is 0 Å². The molecule has 3 heteroatoms. The first-order chi connectivity index (χ1) is 9.08. The zero-order valence-electron chi connectivity index (χ0n) is 12.1. The number of rotatable bonds is 3. The quantitative estimate of drug-likeness (QED) is 0.618. The van der Waals surface area contributed by atoms with Gasteiger partial charge in [-0.2, -0.15) is 0 Å². The van der Waals surface area contributed by atoms with Gasteiger partial charge in [-0.1, -0.05) is 25.3 Å². The lowest BCUT2D eigenvalue weighted by atomic mass is 9.96. The molecule has 0 heterocycles. The standard InChI is InChI=1S/C16H24N2O/c1-12-11-14(18(2)3)9-10-15(12)16(19)17-13-7-5-4-6-8-13/h9-11,13H,4-8H2,1-3H3,(H,17,19)/p-1. The molecule has 0 N–H and O–H groups in total. The third-order valence-electron chi connectivity index (χ3n) is 3.83. The molecule has 0 aliphatic heterocycles. The molecule has 104 valence electrons. The Bertz CT molecular complexity index is 460. The fourth-order valence-electron chi connectivity index (χ4n) is 2.61. The fraction of sp³-hybridized carbons (Fsp3) is 0.562. The van der Waals surface area contributed by atoms with Crippen LogP contribution >= 0.6 is 0 Å². The minimum absolute atomic E-state index is 0.0466. The molecule has 0 amide bonds. The first kappa shape index (κ1) is 13.9. The normalized spacial score (nSPS) is 17.5. The minimum atomic E-state index is -0.0466. The maximum absolute atomic E-state index is 12.2. The molecule has 0 radical (unpaired) electrons. The first-order valence-corrected chi connectivity index (χ1v) is 7.11. The summed E-state index contributed by atoms with van der Waals surface area (Å²) in [5.41, 5.74) is 2.87. The van der Waals surface area contributed by atoms with Crippen molar-refractivity contribution in [3.8, 4) is 0 Å². The second-order valence-electron chi connectivity index (χ2n) is 5.62. The van der Waals surface area contributed by atoms with E-state index in [2.05, 4.69) is 4.99 Å². The van der Waals surface area contributed by atoms with Gasteiger partial charge in [0, 0.05) is 25.8 Å². The van der Waals surface area contributed by atoms with E-state index in [1.165, 1.54) is 19.3 Å². The van der Waals surface area contributed by atoms with Crippen molar-refractivity contribution in [1.82, 2.24) is 0 Å². The van der Waals surface area contributed by atoms with Gasteiger partial charge in [-0.05, 0) is 48.9 Å². The van der Waals surface area contributed by atoms with E-state index in [4.69, 9.17) is 0 Å². The Morgan fingerprint density at radius 3 is 2.47 bits per heavy atom. The summed E-state index contributed by atoms with van der Waals surface area (Å²) in [7, 11) is 4.01. The van der Waals surface area contributed by atoms with Crippen LogP contribution in [-0.4, -0.2) is 26.0 Å². The predicted octanol–water partition coefficient (Wildman–Crippen LogP) is 2.50. The summed E-state index contributed by atoms with van der Waals surface area (Å²) < 4.78 is 0. The van der Waals surface area contributed by atoms with Gasteiger partial charge in [0.1, 0.15) is 0 Å². The van der Waals surface area contributed by atoms with E-state index in [1.54, 1.807) is 0 Å². The highest BCUT2D eigenvalue weighted by atomic mass is 16.3. The van der Waals surface area contributed by atoms with Crippen molar-refractivity contribution in [2.75, 3.05) is 19.0 Å². The second-order valence-corrected chi connectivity index (χ2v) is 5.62. The first-order valence-electron chi connectivity index (χ1n) is 7.11. The Kier molecular flexibility index (Phi) is 4.46. The average Bonchev–Trinajstić information content (AvgIpc) is 2.39. The molecule has 0 spiro atoms. The van der Waals surface area contributed by atoms with Crippen LogP contribution in [0, 0.1) is 6.92 Å². The van der Waals surface area contributed by atoms with Gasteiger partial charge in [-0.15, -0.1) is 0 Å². The average molecular weight is 259 g/mol. The zero-order chi connectivity index (χ0) is 13.8. The van der Waals surface area contributed by atoms with E-state index in [0.717, 1.165) is 29.7 Å². The van der Waals surface area contributed by atoms with Crippen molar-refractivity contribution >= 4 is 11.6 Å². The van der Waals surface area contributed by atoms with Gasteiger partial charge in [-0.25, -0.2) is 0 Å². The predicted molar refractivity (Wildman–Crippen MR) is 78.9 cm³/mol. The van der Waals surface area contributed by atoms with Gasteiger partial charge >= 0.3 is 0 Å². The maximum atomic E-state index is 12.2. The third kappa shape index (κ3) is 3.49. The molecule has 19 heavy (non-hydrogen) atoms. The summed E-state index contributed by atoms with van der Waals surface area (Å²) in [4.78, 5) is 6.43. The van der Waals surface area contributed by atoms with Crippen LogP contribution in [0.1, 0.15) is 43.2 Å². The third-order valence-corrected chi connectivity index (χ3v) is 3.83. The van der Waals surface area contributed by atoms with Crippen molar-refractivity contribution < 1.29 is 5.11 Å². The Hall–Kier alpha value is -1.51. The van der Waals surface area contributed by atoms with Crippen molar-refractivity contribution in [3.63, 3.8) is 0 Å². The van der Waals surface area contributed by atoms with Crippen LogP contribution in [-0.2, 0) is 0 Å². The van der Waals surface area contributed by atoms with Gasteiger partial charge in [0.15, 0.2) is 0 Å². The minimum Gasteiger partial charge on any atom is -0.858 e. The molecule has 1 saturated carbocycles.